The van der Waals surface area contributed by atoms with Gasteiger partial charge in [-0.15, -0.1) is 0 Å². The highest BCUT2D eigenvalue weighted by Gasteiger charge is 2.29. The molecule has 0 aliphatic heterocycles. The van der Waals surface area contributed by atoms with Crippen LogP contribution in [0.4, 0.5) is 11.4 Å². The fraction of sp³-hybridized carbons (Fsp3) is 0.208. The predicted molar refractivity (Wildman–Crippen MR) is 130 cm³/mol. The number of nitrogens with zero attached hydrogens (tertiary/aromatic N) is 1. The first-order chi connectivity index (χ1) is 15.6. The summed E-state index contributed by atoms with van der Waals surface area (Å²) in [6.45, 7) is 3.23. The van der Waals surface area contributed by atoms with Crippen molar-refractivity contribution in [2.24, 2.45) is 0 Å². The largest absolute Gasteiger partial charge is 0.495 e. The summed E-state index contributed by atoms with van der Waals surface area (Å²) >= 11 is 6.14. The van der Waals surface area contributed by atoms with Crippen LogP contribution in [-0.2, 0) is 14.8 Å². The molecule has 0 radical (unpaired) electrons. The molecule has 0 fully saturated rings. The van der Waals surface area contributed by atoms with E-state index < -0.39 is 22.5 Å². The minimum absolute atomic E-state index is 0.0666. The SMILES string of the molecule is COc1ccc(NC(=O)CN(c2cc(C)ccc2OC)S(=O)(=O)c2ccc(C)cc2)cc1Cl. The number of hydrogen-bond acceptors (Lipinski definition) is 5. The highest BCUT2D eigenvalue weighted by molar-refractivity contribution is 7.92. The van der Waals surface area contributed by atoms with Crippen LogP contribution >= 0.6 is 11.6 Å². The van der Waals surface area contributed by atoms with E-state index in [0.29, 0.717) is 22.2 Å². The number of rotatable bonds is 8. The Morgan fingerprint density at radius 2 is 1.52 bits per heavy atom. The lowest BCUT2D eigenvalue weighted by Gasteiger charge is -2.26. The van der Waals surface area contributed by atoms with E-state index in [0.717, 1.165) is 15.4 Å². The van der Waals surface area contributed by atoms with Crippen molar-refractivity contribution in [2.75, 3.05) is 30.4 Å². The Hall–Kier alpha value is -3.23. The molecule has 0 heterocycles. The maximum absolute atomic E-state index is 13.6. The van der Waals surface area contributed by atoms with Crippen LogP contribution in [-0.4, -0.2) is 35.1 Å². The molecule has 0 aliphatic carbocycles. The summed E-state index contributed by atoms with van der Waals surface area (Å²) in [7, 11) is -1.14. The molecule has 0 saturated heterocycles. The molecule has 3 aromatic carbocycles. The van der Waals surface area contributed by atoms with Gasteiger partial charge < -0.3 is 14.8 Å². The van der Waals surface area contributed by atoms with Crippen molar-refractivity contribution in [3.05, 3.63) is 76.8 Å². The number of ether oxygens (including phenoxy) is 2. The first-order valence-corrected chi connectivity index (χ1v) is 11.8. The van der Waals surface area contributed by atoms with Gasteiger partial charge in [-0.1, -0.05) is 35.4 Å². The van der Waals surface area contributed by atoms with Gasteiger partial charge >= 0.3 is 0 Å². The van der Waals surface area contributed by atoms with Gasteiger partial charge in [-0.3, -0.25) is 9.10 Å². The van der Waals surface area contributed by atoms with Crippen molar-refractivity contribution in [2.45, 2.75) is 18.7 Å². The quantitative estimate of drug-likeness (QED) is 0.492. The Labute approximate surface area is 198 Å². The zero-order valence-electron chi connectivity index (χ0n) is 18.8. The molecule has 0 atom stereocenters. The Morgan fingerprint density at radius 3 is 2.12 bits per heavy atom. The van der Waals surface area contributed by atoms with Crippen LogP contribution in [0.3, 0.4) is 0 Å². The van der Waals surface area contributed by atoms with Gasteiger partial charge in [0.1, 0.15) is 18.0 Å². The Morgan fingerprint density at radius 1 is 0.909 bits per heavy atom. The lowest BCUT2D eigenvalue weighted by Crippen LogP contribution is -2.38. The van der Waals surface area contributed by atoms with E-state index in [1.54, 1.807) is 42.5 Å². The third-order valence-electron chi connectivity index (χ3n) is 4.93. The van der Waals surface area contributed by atoms with Gasteiger partial charge in [0.25, 0.3) is 10.0 Å². The summed E-state index contributed by atoms with van der Waals surface area (Å²) in [5.41, 5.74) is 2.41. The minimum Gasteiger partial charge on any atom is -0.495 e. The predicted octanol–water partition coefficient (Wildman–Crippen LogP) is 4.81. The molecule has 33 heavy (non-hydrogen) atoms. The van der Waals surface area contributed by atoms with E-state index in [1.165, 1.54) is 32.4 Å². The van der Waals surface area contributed by atoms with E-state index in [4.69, 9.17) is 21.1 Å². The zero-order chi connectivity index (χ0) is 24.2. The standard InChI is InChI=1S/C24H25ClN2O5S/c1-16-5-9-19(10-6-16)33(29,30)27(21-13-17(2)7-11-23(21)32-4)15-24(28)26-18-8-12-22(31-3)20(25)14-18/h5-14H,15H2,1-4H3,(H,26,28). The van der Waals surface area contributed by atoms with Crippen molar-refractivity contribution in [1.29, 1.82) is 0 Å². The van der Waals surface area contributed by atoms with E-state index in [9.17, 15) is 13.2 Å². The van der Waals surface area contributed by atoms with Crippen LogP contribution in [0.2, 0.25) is 5.02 Å². The normalized spacial score (nSPS) is 11.1. The van der Waals surface area contributed by atoms with Gasteiger partial charge in [0.05, 0.1) is 29.8 Å². The maximum atomic E-state index is 13.6. The van der Waals surface area contributed by atoms with E-state index >= 15 is 0 Å². The number of halogens is 1. The summed E-state index contributed by atoms with van der Waals surface area (Å²) in [4.78, 5) is 13.0. The summed E-state index contributed by atoms with van der Waals surface area (Å²) in [5, 5.41) is 3.01. The lowest BCUT2D eigenvalue weighted by atomic mass is 10.2. The van der Waals surface area contributed by atoms with Gasteiger partial charge in [-0.25, -0.2) is 8.42 Å². The van der Waals surface area contributed by atoms with Crippen LogP contribution < -0.4 is 19.1 Å². The van der Waals surface area contributed by atoms with Gasteiger partial charge in [0.15, 0.2) is 0 Å². The molecule has 9 heteroatoms. The molecule has 1 N–H and O–H groups in total. The number of amides is 1. The molecule has 1 amide bonds. The number of sulfonamides is 1. The van der Waals surface area contributed by atoms with Gasteiger partial charge in [0.2, 0.25) is 5.91 Å². The summed E-state index contributed by atoms with van der Waals surface area (Å²) in [6.07, 6.45) is 0. The smallest absolute Gasteiger partial charge is 0.264 e. The second kappa shape index (κ2) is 10.1. The van der Waals surface area contributed by atoms with E-state index in [2.05, 4.69) is 5.32 Å². The van der Waals surface area contributed by atoms with E-state index in [-0.39, 0.29) is 10.6 Å². The van der Waals surface area contributed by atoms with Gasteiger partial charge in [-0.05, 0) is 61.9 Å². The average Bonchev–Trinajstić information content (AvgIpc) is 2.78. The number of hydrogen-bond donors (Lipinski definition) is 1. The summed E-state index contributed by atoms with van der Waals surface area (Å²) in [6, 6.07) is 16.4. The van der Waals surface area contributed by atoms with Crippen LogP contribution in [0.15, 0.2) is 65.6 Å². The maximum Gasteiger partial charge on any atom is 0.264 e. The van der Waals surface area contributed by atoms with Gasteiger partial charge in [-0.2, -0.15) is 0 Å². The fourth-order valence-corrected chi connectivity index (χ4v) is 4.89. The molecule has 0 bridgehead atoms. The summed E-state index contributed by atoms with van der Waals surface area (Å²) < 4.78 is 38.8. The highest BCUT2D eigenvalue weighted by atomic mass is 35.5. The number of nitrogens with one attached hydrogen (secondary N) is 1. The molecule has 3 aromatic rings. The highest BCUT2D eigenvalue weighted by Crippen LogP contribution is 2.34. The number of anilines is 2. The molecule has 0 saturated carbocycles. The number of carbonyl (C=O) groups excluding carboxylic acids is 1. The van der Waals surface area contributed by atoms with Gasteiger partial charge in [0, 0.05) is 5.69 Å². The zero-order valence-corrected chi connectivity index (χ0v) is 20.3. The first kappa shape index (κ1) is 24.4. The van der Waals surface area contributed by atoms with Crippen LogP contribution in [0, 0.1) is 13.8 Å². The molecule has 3 rings (SSSR count). The summed E-state index contributed by atoms with van der Waals surface area (Å²) in [5.74, 6) is 0.245. The number of benzene rings is 3. The fourth-order valence-electron chi connectivity index (χ4n) is 3.21. The van der Waals surface area contributed by atoms with Crippen molar-refractivity contribution >= 4 is 38.9 Å². The minimum atomic E-state index is -4.08. The number of aryl methyl sites for hydroxylation is 2. The molecular weight excluding hydrogens is 464 g/mol. The van der Waals surface area contributed by atoms with Crippen molar-refractivity contribution < 1.29 is 22.7 Å². The molecular formula is C24H25ClN2O5S. The van der Waals surface area contributed by atoms with Crippen molar-refractivity contribution in [1.82, 2.24) is 0 Å². The molecule has 7 nitrogen and oxygen atoms in total. The second-order valence-corrected chi connectivity index (χ2v) is 9.67. The van der Waals surface area contributed by atoms with Crippen LogP contribution in [0.25, 0.3) is 0 Å². The molecule has 0 unspecified atom stereocenters. The Bertz CT molecular complexity index is 1260. The third-order valence-corrected chi connectivity index (χ3v) is 7.00. The second-order valence-electron chi connectivity index (χ2n) is 7.40. The Balaban J connectivity index is 2.00. The molecule has 0 aromatic heterocycles. The van der Waals surface area contributed by atoms with Crippen LogP contribution in [0.1, 0.15) is 11.1 Å². The Kier molecular flexibility index (Phi) is 7.50. The van der Waals surface area contributed by atoms with Crippen molar-refractivity contribution in [3.63, 3.8) is 0 Å². The number of methoxy groups -OCH3 is 2. The molecule has 0 spiro atoms. The lowest BCUT2D eigenvalue weighted by molar-refractivity contribution is -0.114. The topological polar surface area (TPSA) is 84.9 Å². The number of carbonyl (C=O) groups is 1. The average molecular weight is 489 g/mol. The monoisotopic (exact) mass is 488 g/mol. The van der Waals surface area contributed by atoms with Crippen molar-refractivity contribution in [3.8, 4) is 11.5 Å². The first-order valence-electron chi connectivity index (χ1n) is 10.0. The van der Waals surface area contributed by atoms with Crippen LogP contribution in [0.5, 0.6) is 11.5 Å². The molecule has 0 aliphatic rings. The third kappa shape index (κ3) is 5.58. The van der Waals surface area contributed by atoms with E-state index in [1.807, 2.05) is 13.8 Å². The molecule has 174 valence electrons.